The van der Waals surface area contributed by atoms with Gasteiger partial charge in [0, 0.05) is 22.6 Å². The lowest BCUT2D eigenvalue weighted by molar-refractivity contribution is 0.427. The largest absolute Gasteiger partial charge is 0.371 e. The molecule has 0 aromatic heterocycles. The molecule has 1 aromatic rings. The van der Waals surface area contributed by atoms with Gasteiger partial charge in [-0.05, 0) is 54.0 Å². The molecular formula is C14H22BrClN2. The summed E-state index contributed by atoms with van der Waals surface area (Å²) >= 11 is 9.55. The number of benzene rings is 1. The van der Waals surface area contributed by atoms with Gasteiger partial charge in [-0.1, -0.05) is 30.9 Å². The van der Waals surface area contributed by atoms with Crippen LogP contribution in [0.2, 0.25) is 5.02 Å². The van der Waals surface area contributed by atoms with E-state index in [2.05, 4.69) is 39.7 Å². The van der Waals surface area contributed by atoms with Crippen molar-refractivity contribution >= 4 is 33.2 Å². The van der Waals surface area contributed by atoms with Gasteiger partial charge in [0.25, 0.3) is 0 Å². The lowest BCUT2D eigenvalue weighted by Crippen LogP contribution is -2.33. The molecular weight excluding hydrogens is 312 g/mol. The second-order valence-corrected chi connectivity index (χ2v) is 5.79. The van der Waals surface area contributed by atoms with E-state index >= 15 is 0 Å². The summed E-state index contributed by atoms with van der Waals surface area (Å²) in [7, 11) is 3.68. The van der Waals surface area contributed by atoms with Crippen molar-refractivity contribution in [3.63, 3.8) is 0 Å². The van der Waals surface area contributed by atoms with Gasteiger partial charge in [0.15, 0.2) is 0 Å². The number of rotatable bonds is 2. The first-order chi connectivity index (χ1) is 8.68. The molecule has 2 rings (SSSR count). The fourth-order valence-corrected chi connectivity index (χ4v) is 3.39. The first kappa shape index (κ1) is 15.8. The maximum Gasteiger partial charge on any atom is 0.0511 e. The Morgan fingerprint density at radius 2 is 1.83 bits per heavy atom. The molecule has 0 aliphatic heterocycles. The van der Waals surface area contributed by atoms with Gasteiger partial charge in [-0.15, -0.1) is 0 Å². The Balaban J connectivity index is 0.000000771. The average molecular weight is 334 g/mol. The summed E-state index contributed by atoms with van der Waals surface area (Å²) < 4.78 is 1.09. The van der Waals surface area contributed by atoms with Crippen LogP contribution >= 0.6 is 27.5 Å². The van der Waals surface area contributed by atoms with Crippen LogP contribution in [0.1, 0.15) is 32.1 Å². The van der Waals surface area contributed by atoms with Crippen molar-refractivity contribution < 1.29 is 0 Å². The van der Waals surface area contributed by atoms with Crippen LogP contribution < -0.4 is 10.6 Å². The second-order valence-electron chi connectivity index (χ2n) is 4.50. The maximum absolute atomic E-state index is 5.96. The normalized spacial score (nSPS) is 15.8. The average Bonchev–Trinajstić information content (AvgIpc) is 2.41. The summed E-state index contributed by atoms with van der Waals surface area (Å²) in [4.78, 5) is 2.39. The van der Waals surface area contributed by atoms with Crippen LogP contribution in [0.25, 0.3) is 0 Å². The number of halogens is 2. The number of hydrogen-bond donors (Lipinski definition) is 1. The molecule has 4 heteroatoms. The van der Waals surface area contributed by atoms with Gasteiger partial charge in [-0.25, -0.2) is 0 Å². The highest BCUT2D eigenvalue weighted by Crippen LogP contribution is 2.32. The summed E-state index contributed by atoms with van der Waals surface area (Å²) in [5.74, 6) is 0. The third-order valence-corrected chi connectivity index (χ3v) is 4.28. The molecule has 1 saturated carbocycles. The fourth-order valence-electron chi connectivity index (χ4n) is 2.43. The fraction of sp³-hybridized carbons (Fsp3) is 0.571. The van der Waals surface area contributed by atoms with E-state index in [0.29, 0.717) is 6.04 Å². The zero-order valence-electron chi connectivity index (χ0n) is 11.1. The molecule has 0 amide bonds. The Labute approximate surface area is 124 Å². The van der Waals surface area contributed by atoms with Crippen molar-refractivity contribution in [3.8, 4) is 0 Å². The van der Waals surface area contributed by atoms with Crippen LogP contribution in [0.4, 0.5) is 5.69 Å². The second kappa shape index (κ2) is 8.03. The Kier molecular flexibility index (Phi) is 7.05. The third-order valence-electron chi connectivity index (χ3n) is 3.41. The van der Waals surface area contributed by atoms with Crippen molar-refractivity contribution in [1.82, 2.24) is 0 Å². The molecule has 1 fully saturated rings. The first-order valence-corrected chi connectivity index (χ1v) is 7.61. The molecule has 0 radical (unpaired) electrons. The van der Waals surface area contributed by atoms with Gasteiger partial charge >= 0.3 is 0 Å². The van der Waals surface area contributed by atoms with Gasteiger partial charge in [0.05, 0.1) is 5.69 Å². The molecule has 1 aromatic carbocycles. The smallest absolute Gasteiger partial charge is 0.0511 e. The quantitative estimate of drug-likeness (QED) is 0.866. The van der Waals surface area contributed by atoms with E-state index in [-0.39, 0.29) is 0 Å². The molecule has 2 nitrogen and oxygen atoms in total. The molecule has 0 bridgehead atoms. The highest BCUT2D eigenvalue weighted by Gasteiger charge is 2.19. The number of nitrogens with two attached hydrogens (primary N) is 1. The van der Waals surface area contributed by atoms with Crippen LogP contribution in [-0.2, 0) is 0 Å². The van der Waals surface area contributed by atoms with Crippen LogP contribution in [0.15, 0.2) is 22.7 Å². The third kappa shape index (κ3) is 4.15. The highest BCUT2D eigenvalue weighted by molar-refractivity contribution is 9.10. The van der Waals surface area contributed by atoms with Gasteiger partial charge in [-0.2, -0.15) is 0 Å². The van der Waals surface area contributed by atoms with E-state index in [1.807, 2.05) is 12.1 Å². The van der Waals surface area contributed by atoms with Gasteiger partial charge in [0.1, 0.15) is 0 Å². The Morgan fingerprint density at radius 1 is 1.22 bits per heavy atom. The van der Waals surface area contributed by atoms with Crippen LogP contribution in [0.3, 0.4) is 0 Å². The molecule has 18 heavy (non-hydrogen) atoms. The molecule has 2 N–H and O–H groups in total. The number of hydrogen-bond acceptors (Lipinski definition) is 2. The first-order valence-electron chi connectivity index (χ1n) is 6.44. The molecule has 0 atom stereocenters. The van der Waals surface area contributed by atoms with Crippen LogP contribution in [-0.4, -0.2) is 20.1 Å². The number of anilines is 1. The standard InChI is InChI=1S/C13H17BrClN.CH5N/c1-16(11-5-3-2-4-6-11)13-8-7-10(15)9-12(13)14;1-2/h7-9,11H,2-6H2,1H3;2H2,1H3. The van der Waals surface area contributed by atoms with Gasteiger partial charge < -0.3 is 10.6 Å². The molecule has 0 spiro atoms. The highest BCUT2D eigenvalue weighted by atomic mass is 79.9. The summed E-state index contributed by atoms with van der Waals surface area (Å²) in [5.41, 5.74) is 5.75. The predicted octanol–water partition coefficient (Wildman–Crippen LogP) is 4.45. The Hall–Kier alpha value is -0.250. The van der Waals surface area contributed by atoms with E-state index in [0.717, 1.165) is 9.50 Å². The summed E-state index contributed by atoms with van der Waals surface area (Å²) in [6, 6.07) is 6.71. The minimum absolute atomic E-state index is 0.686. The van der Waals surface area contributed by atoms with Crippen molar-refractivity contribution in [2.24, 2.45) is 5.73 Å². The van der Waals surface area contributed by atoms with Crippen molar-refractivity contribution in [2.75, 3.05) is 19.0 Å². The zero-order valence-corrected chi connectivity index (χ0v) is 13.5. The SMILES string of the molecule is CN.CN(c1ccc(Cl)cc1Br)C1CCCCC1. The lowest BCUT2D eigenvalue weighted by atomic mass is 9.94. The van der Waals surface area contributed by atoms with Gasteiger partial charge in [-0.3, -0.25) is 0 Å². The number of nitrogens with zero attached hydrogens (tertiary/aromatic N) is 1. The van der Waals surface area contributed by atoms with E-state index in [9.17, 15) is 0 Å². The van der Waals surface area contributed by atoms with Crippen LogP contribution in [0, 0.1) is 0 Å². The summed E-state index contributed by atoms with van der Waals surface area (Å²) in [6.45, 7) is 0. The molecule has 1 aliphatic carbocycles. The lowest BCUT2D eigenvalue weighted by Gasteiger charge is -2.33. The molecule has 102 valence electrons. The topological polar surface area (TPSA) is 29.3 Å². The summed E-state index contributed by atoms with van der Waals surface area (Å²) in [6.07, 6.45) is 6.74. The monoisotopic (exact) mass is 332 g/mol. The van der Waals surface area contributed by atoms with E-state index in [4.69, 9.17) is 11.6 Å². The van der Waals surface area contributed by atoms with Crippen LogP contribution in [0.5, 0.6) is 0 Å². The van der Waals surface area contributed by atoms with E-state index in [1.165, 1.54) is 44.8 Å². The Bertz CT molecular complexity index is 365. The van der Waals surface area contributed by atoms with E-state index in [1.54, 1.807) is 0 Å². The predicted molar refractivity (Wildman–Crippen MR) is 84.5 cm³/mol. The van der Waals surface area contributed by atoms with E-state index < -0.39 is 0 Å². The van der Waals surface area contributed by atoms with Crippen molar-refractivity contribution in [2.45, 2.75) is 38.1 Å². The zero-order chi connectivity index (χ0) is 13.5. The maximum atomic E-state index is 5.96. The van der Waals surface area contributed by atoms with Gasteiger partial charge in [0.2, 0.25) is 0 Å². The minimum Gasteiger partial charge on any atom is -0.371 e. The van der Waals surface area contributed by atoms with Crippen molar-refractivity contribution in [1.29, 1.82) is 0 Å². The summed E-state index contributed by atoms with van der Waals surface area (Å²) in [5, 5.41) is 0.785. The molecule has 1 aliphatic rings. The Morgan fingerprint density at radius 3 is 2.39 bits per heavy atom. The molecule has 0 saturated heterocycles. The minimum atomic E-state index is 0.686. The molecule has 0 heterocycles. The van der Waals surface area contributed by atoms with Crippen molar-refractivity contribution in [3.05, 3.63) is 27.7 Å². The molecule has 0 unspecified atom stereocenters.